The summed E-state index contributed by atoms with van der Waals surface area (Å²) in [5.41, 5.74) is 0.0251. The summed E-state index contributed by atoms with van der Waals surface area (Å²) in [4.78, 5) is 4.16. The Kier molecular flexibility index (Phi) is 4.74. The molecule has 126 valence electrons. The summed E-state index contributed by atoms with van der Waals surface area (Å²) < 4.78 is 39.0. The van der Waals surface area contributed by atoms with Crippen molar-refractivity contribution in [3.63, 3.8) is 0 Å². The van der Waals surface area contributed by atoms with Crippen LogP contribution in [0.4, 0.5) is 13.2 Å². The lowest BCUT2D eigenvalue weighted by Crippen LogP contribution is -2.03. The normalized spacial score (nSPS) is 12.4. The van der Waals surface area contributed by atoms with Crippen LogP contribution < -0.4 is 0 Å². The van der Waals surface area contributed by atoms with Gasteiger partial charge in [-0.2, -0.15) is 18.4 Å². The molecule has 0 bridgehead atoms. The summed E-state index contributed by atoms with van der Waals surface area (Å²) in [6.07, 6.45) is -2.97. The molecule has 2 aromatic carbocycles. The highest BCUT2D eigenvalue weighted by Gasteiger charge is 2.30. The Bertz CT molecular complexity index is 1010. The third-order valence-electron chi connectivity index (χ3n) is 3.35. The molecule has 0 unspecified atom stereocenters. The highest BCUT2D eigenvalue weighted by molar-refractivity contribution is 7.19. The topological polar surface area (TPSA) is 36.7 Å². The average Bonchev–Trinajstić information content (AvgIpc) is 2.96. The van der Waals surface area contributed by atoms with Crippen LogP contribution in [0.25, 0.3) is 21.9 Å². The zero-order chi connectivity index (χ0) is 18.2. The van der Waals surface area contributed by atoms with Crippen LogP contribution in [0.5, 0.6) is 0 Å². The second kappa shape index (κ2) is 6.68. The summed E-state index contributed by atoms with van der Waals surface area (Å²) in [7, 11) is 0. The SMILES string of the molecule is N#C/C(=C\c1c(Cl)cccc1Cl)c1nc2cc(C(F)(F)F)ccc2s1. The van der Waals surface area contributed by atoms with Gasteiger partial charge >= 0.3 is 6.18 Å². The van der Waals surface area contributed by atoms with Gasteiger partial charge in [0.1, 0.15) is 11.1 Å². The molecule has 0 saturated heterocycles. The fourth-order valence-electron chi connectivity index (χ4n) is 2.15. The molecule has 1 heterocycles. The molecule has 3 rings (SSSR count). The number of benzene rings is 2. The average molecular weight is 399 g/mol. The van der Waals surface area contributed by atoms with E-state index in [1.54, 1.807) is 18.2 Å². The molecule has 1 aromatic heterocycles. The molecular weight excluding hydrogens is 392 g/mol. The van der Waals surface area contributed by atoms with Crippen LogP contribution in [0, 0.1) is 11.3 Å². The minimum absolute atomic E-state index is 0.171. The Labute approximate surface area is 154 Å². The molecule has 2 nitrogen and oxygen atoms in total. The Morgan fingerprint density at radius 1 is 1.16 bits per heavy atom. The summed E-state index contributed by atoms with van der Waals surface area (Å²) in [6, 6.07) is 10.2. The van der Waals surface area contributed by atoms with Crippen molar-refractivity contribution in [1.29, 1.82) is 5.26 Å². The number of hydrogen-bond donors (Lipinski definition) is 0. The molecule has 3 aromatic rings. The van der Waals surface area contributed by atoms with Crippen LogP contribution in [0.1, 0.15) is 16.1 Å². The molecule has 0 radical (unpaired) electrons. The van der Waals surface area contributed by atoms with Gasteiger partial charge in [-0.05, 0) is 36.4 Å². The summed E-state index contributed by atoms with van der Waals surface area (Å²) >= 11 is 13.3. The Morgan fingerprint density at radius 3 is 2.44 bits per heavy atom. The predicted octanol–water partition coefficient (Wildman–Crippen LogP) is 6.69. The van der Waals surface area contributed by atoms with Crippen molar-refractivity contribution in [3.8, 4) is 6.07 Å². The Hall–Kier alpha value is -2.07. The molecule has 0 amide bonds. The molecule has 0 fully saturated rings. The van der Waals surface area contributed by atoms with Crippen LogP contribution in [0.3, 0.4) is 0 Å². The van der Waals surface area contributed by atoms with E-state index in [0.717, 1.165) is 23.5 Å². The van der Waals surface area contributed by atoms with Gasteiger partial charge in [-0.3, -0.25) is 0 Å². The number of thiazole rings is 1. The van der Waals surface area contributed by atoms with E-state index in [4.69, 9.17) is 23.2 Å². The summed E-state index contributed by atoms with van der Waals surface area (Å²) in [6.45, 7) is 0. The third-order valence-corrected chi connectivity index (χ3v) is 5.08. The van der Waals surface area contributed by atoms with Gasteiger partial charge in [-0.1, -0.05) is 29.3 Å². The molecular formula is C17H7Cl2F3N2S. The van der Waals surface area contributed by atoms with Gasteiger partial charge in [-0.15, -0.1) is 11.3 Å². The van der Waals surface area contributed by atoms with Crippen LogP contribution in [0.2, 0.25) is 10.0 Å². The lowest BCUT2D eigenvalue weighted by molar-refractivity contribution is -0.137. The summed E-state index contributed by atoms with van der Waals surface area (Å²) in [5.74, 6) is 0. The van der Waals surface area contributed by atoms with Gasteiger partial charge in [0.2, 0.25) is 0 Å². The second-order valence-electron chi connectivity index (χ2n) is 5.00. The Morgan fingerprint density at radius 2 is 1.84 bits per heavy atom. The van der Waals surface area contributed by atoms with Crippen molar-refractivity contribution in [1.82, 2.24) is 4.98 Å². The van der Waals surface area contributed by atoms with Crippen LogP contribution in [-0.4, -0.2) is 4.98 Å². The molecule has 0 aliphatic heterocycles. The first kappa shape index (κ1) is 17.7. The fourth-order valence-corrected chi connectivity index (χ4v) is 3.57. The molecule has 0 atom stereocenters. The largest absolute Gasteiger partial charge is 0.416 e. The van der Waals surface area contributed by atoms with Crippen molar-refractivity contribution < 1.29 is 13.2 Å². The van der Waals surface area contributed by atoms with Gasteiger partial charge in [-0.25, -0.2) is 4.98 Å². The fraction of sp³-hybridized carbons (Fsp3) is 0.0588. The van der Waals surface area contributed by atoms with E-state index in [1.807, 2.05) is 6.07 Å². The molecule has 0 aliphatic carbocycles. The van der Waals surface area contributed by atoms with E-state index in [2.05, 4.69) is 4.98 Å². The molecule has 25 heavy (non-hydrogen) atoms. The number of rotatable bonds is 2. The van der Waals surface area contributed by atoms with Gasteiger partial charge in [0, 0.05) is 15.6 Å². The van der Waals surface area contributed by atoms with Gasteiger partial charge in [0.25, 0.3) is 0 Å². The number of nitrogens with zero attached hydrogens (tertiary/aromatic N) is 2. The summed E-state index contributed by atoms with van der Waals surface area (Å²) in [5, 5.41) is 10.4. The van der Waals surface area contributed by atoms with E-state index in [9.17, 15) is 18.4 Å². The van der Waals surface area contributed by atoms with Crippen LogP contribution in [0.15, 0.2) is 36.4 Å². The highest BCUT2D eigenvalue weighted by Crippen LogP contribution is 2.35. The van der Waals surface area contributed by atoms with E-state index in [1.165, 1.54) is 12.1 Å². The van der Waals surface area contributed by atoms with Crippen LogP contribution in [-0.2, 0) is 6.18 Å². The van der Waals surface area contributed by atoms with Crippen molar-refractivity contribution in [2.45, 2.75) is 6.18 Å². The number of halogens is 5. The first-order valence-electron chi connectivity index (χ1n) is 6.83. The lowest BCUT2D eigenvalue weighted by atomic mass is 10.1. The number of allylic oxidation sites excluding steroid dienone is 1. The smallest absolute Gasteiger partial charge is 0.235 e. The van der Waals surface area contributed by atoms with Crippen molar-refractivity contribution in [2.24, 2.45) is 0 Å². The molecule has 8 heteroatoms. The maximum Gasteiger partial charge on any atom is 0.416 e. The van der Waals surface area contributed by atoms with E-state index in [-0.39, 0.29) is 11.1 Å². The van der Waals surface area contributed by atoms with E-state index >= 15 is 0 Å². The quantitative estimate of drug-likeness (QED) is 0.451. The first-order valence-corrected chi connectivity index (χ1v) is 8.41. The zero-order valence-electron chi connectivity index (χ0n) is 12.2. The van der Waals surface area contributed by atoms with Crippen molar-refractivity contribution >= 4 is 56.4 Å². The molecule has 0 saturated carbocycles. The van der Waals surface area contributed by atoms with E-state index < -0.39 is 11.7 Å². The minimum atomic E-state index is -4.45. The van der Waals surface area contributed by atoms with Crippen molar-refractivity contribution in [3.05, 3.63) is 62.6 Å². The number of aromatic nitrogens is 1. The monoisotopic (exact) mass is 398 g/mol. The highest BCUT2D eigenvalue weighted by atomic mass is 35.5. The number of nitriles is 1. The number of alkyl halides is 3. The molecule has 0 spiro atoms. The molecule has 0 N–H and O–H groups in total. The maximum absolute atomic E-state index is 12.8. The Balaban J connectivity index is 2.11. The number of fused-ring (bicyclic) bond motifs is 1. The third kappa shape index (κ3) is 3.64. The zero-order valence-corrected chi connectivity index (χ0v) is 14.6. The van der Waals surface area contributed by atoms with Gasteiger partial charge in [0.05, 0.1) is 21.4 Å². The molecule has 0 aliphatic rings. The lowest BCUT2D eigenvalue weighted by Gasteiger charge is -2.04. The van der Waals surface area contributed by atoms with Crippen LogP contribution >= 0.6 is 34.5 Å². The van der Waals surface area contributed by atoms with Gasteiger partial charge in [0.15, 0.2) is 0 Å². The second-order valence-corrected chi connectivity index (χ2v) is 6.85. The number of hydrogen-bond acceptors (Lipinski definition) is 3. The van der Waals surface area contributed by atoms with Gasteiger partial charge < -0.3 is 0 Å². The predicted molar refractivity (Wildman–Crippen MR) is 94.6 cm³/mol. The maximum atomic E-state index is 12.8. The van der Waals surface area contributed by atoms with Crippen molar-refractivity contribution in [2.75, 3.05) is 0 Å². The minimum Gasteiger partial charge on any atom is -0.235 e. The first-order chi connectivity index (χ1) is 11.8. The standard InChI is InChI=1S/C17H7Cl2F3N2S/c18-12-2-1-3-13(19)11(12)6-9(8-23)16-24-14-7-10(17(20,21)22)4-5-15(14)25-16/h1-7H/b9-6+. The van der Waals surface area contributed by atoms with E-state index in [0.29, 0.717) is 25.3 Å².